The average molecular weight is 365 g/mol. The highest BCUT2D eigenvalue weighted by Crippen LogP contribution is 2.36. The first-order valence-electron chi connectivity index (χ1n) is 8.54. The van der Waals surface area contributed by atoms with Gasteiger partial charge in [0.1, 0.15) is 10.6 Å². The highest BCUT2D eigenvalue weighted by molar-refractivity contribution is 7.99. The smallest absolute Gasteiger partial charge is 0.263 e. The Morgan fingerprint density at radius 2 is 2.21 bits per heavy atom. The first-order valence-corrected chi connectivity index (χ1v) is 10.3. The highest BCUT2D eigenvalue weighted by Gasteiger charge is 2.24. The predicted molar refractivity (Wildman–Crippen MR) is 101 cm³/mol. The zero-order valence-corrected chi connectivity index (χ0v) is 16.4. The lowest BCUT2D eigenvalue weighted by atomic mass is 9.89. The molecule has 2 heterocycles. The number of hydrogen-bond acceptors (Lipinski definition) is 5. The molecule has 2 aromatic rings. The Labute approximate surface area is 150 Å². The van der Waals surface area contributed by atoms with E-state index in [-0.39, 0.29) is 11.3 Å². The summed E-state index contributed by atoms with van der Waals surface area (Å²) in [7, 11) is 0. The molecule has 130 valence electrons. The summed E-state index contributed by atoms with van der Waals surface area (Å²) in [6, 6.07) is 0. The van der Waals surface area contributed by atoms with Crippen molar-refractivity contribution in [1.29, 1.82) is 0 Å². The van der Waals surface area contributed by atoms with E-state index < -0.39 is 0 Å². The van der Waals surface area contributed by atoms with Crippen LogP contribution in [0.4, 0.5) is 0 Å². The van der Waals surface area contributed by atoms with E-state index in [4.69, 9.17) is 4.98 Å². The number of aromatic nitrogens is 2. The minimum atomic E-state index is 0.0757. The largest absolute Gasteiger partial charge is 0.299 e. The number of hydrogen-bond donors (Lipinski definition) is 0. The molecule has 0 saturated heterocycles. The van der Waals surface area contributed by atoms with E-state index >= 15 is 0 Å². The summed E-state index contributed by atoms with van der Waals surface area (Å²) in [4.78, 5) is 31.5. The van der Waals surface area contributed by atoms with Gasteiger partial charge in [0.15, 0.2) is 5.16 Å². The van der Waals surface area contributed by atoms with Gasteiger partial charge in [0.25, 0.3) is 5.56 Å². The van der Waals surface area contributed by atoms with E-state index in [9.17, 15) is 9.59 Å². The third kappa shape index (κ3) is 3.45. The first kappa shape index (κ1) is 17.7. The zero-order chi connectivity index (χ0) is 17.4. The van der Waals surface area contributed by atoms with Crippen molar-refractivity contribution in [2.24, 2.45) is 11.8 Å². The SMILES string of the molecule is CC(=O)CSc1nc2sc3c(c2c(=O)n1CC(C)C)CCC(C)C3. The van der Waals surface area contributed by atoms with Crippen LogP contribution in [0.25, 0.3) is 10.2 Å². The second kappa shape index (κ2) is 7.00. The fourth-order valence-corrected chi connectivity index (χ4v) is 5.44. The fraction of sp³-hybridized carbons (Fsp3) is 0.611. The molecule has 0 saturated carbocycles. The van der Waals surface area contributed by atoms with Crippen molar-refractivity contribution in [1.82, 2.24) is 9.55 Å². The standard InChI is InChI=1S/C18H24N2O2S2/c1-10(2)8-20-17(22)15-13-6-5-11(3)7-14(13)24-16(15)19-18(20)23-9-12(4)21/h10-11H,5-9H2,1-4H3. The summed E-state index contributed by atoms with van der Waals surface area (Å²) >= 11 is 3.05. The van der Waals surface area contributed by atoms with Crippen LogP contribution in [0.1, 0.15) is 44.6 Å². The van der Waals surface area contributed by atoms with Crippen molar-refractivity contribution in [3.63, 3.8) is 0 Å². The summed E-state index contributed by atoms with van der Waals surface area (Å²) in [5, 5.41) is 1.51. The van der Waals surface area contributed by atoms with Gasteiger partial charge in [0.05, 0.1) is 11.1 Å². The lowest BCUT2D eigenvalue weighted by molar-refractivity contribution is -0.114. The minimum absolute atomic E-state index is 0.0757. The molecule has 0 bridgehead atoms. The van der Waals surface area contributed by atoms with E-state index in [1.165, 1.54) is 22.2 Å². The Balaban J connectivity index is 2.16. The van der Waals surface area contributed by atoms with Crippen LogP contribution in [0.5, 0.6) is 0 Å². The third-order valence-corrected chi connectivity index (χ3v) is 6.60. The second-order valence-corrected chi connectivity index (χ2v) is 9.25. The van der Waals surface area contributed by atoms with Gasteiger partial charge in [-0.3, -0.25) is 14.2 Å². The third-order valence-electron chi connectivity index (χ3n) is 4.33. The highest BCUT2D eigenvalue weighted by atomic mass is 32.2. The van der Waals surface area contributed by atoms with Gasteiger partial charge in [-0.1, -0.05) is 32.5 Å². The molecule has 0 spiro atoms. The molecule has 6 heteroatoms. The molecule has 0 aromatic carbocycles. The molecule has 1 unspecified atom stereocenters. The van der Waals surface area contributed by atoms with Crippen LogP contribution in [0.15, 0.2) is 9.95 Å². The predicted octanol–water partition coefficient (Wildman–Crippen LogP) is 3.92. The normalized spacial score (nSPS) is 17.5. The molecule has 1 atom stereocenters. The number of aryl methyl sites for hydroxylation is 1. The lowest BCUT2D eigenvalue weighted by Crippen LogP contribution is -2.26. The molecule has 24 heavy (non-hydrogen) atoms. The van der Waals surface area contributed by atoms with Crippen molar-refractivity contribution in [3.8, 4) is 0 Å². The number of nitrogens with zero attached hydrogens (tertiary/aromatic N) is 2. The van der Waals surface area contributed by atoms with Gasteiger partial charge >= 0.3 is 0 Å². The molecular weight excluding hydrogens is 340 g/mol. The van der Waals surface area contributed by atoms with Crippen LogP contribution in [0, 0.1) is 11.8 Å². The molecule has 4 nitrogen and oxygen atoms in total. The molecule has 2 aromatic heterocycles. The molecular formula is C18H24N2O2S2. The van der Waals surface area contributed by atoms with Crippen molar-refractivity contribution in [2.45, 2.75) is 58.7 Å². The molecule has 3 rings (SSSR count). The number of fused-ring (bicyclic) bond motifs is 3. The number of carbonyl (C=O) groups is 1. The van der Waals surface area contributed by atoms with Gasteiger partial charge < -0.3 is 0 Å². The van der Waals surface area contributed by atoms with Gasteiger partial charge in [0.2, 0.25) is 0 Å². The van der Waals surface area contributed by atoms with Crippen LogP contribution in [-0.2, 0) is 24.2 Å². The Hall–Kier alpha value is -1.14. The maximum atomic E-state index is 13.2. The van der Waals surface area contributed by atoms with Crippen molar-refractivity contribution >= 4 is 39.1 Å². The second-order valence-electron chi connectivity index (χ2n) is 7.23. The first-order chi connectivity index (χ1) is 11.4. The van der Waals surface area contributed by atoms with Crippen molar-refractivity contribution in [2.75, 3.05) is 5.75 Å². The van der Waals surface area contributed by atoms with Gasteiger partial charge in [-0.15, -0.1) is 11.3 Å². The Bertz CT molecular complexity index is 836. The van der Waals surface area contributed by atoms with Crippen LogP contribution in [-0.4, -0.2) is 21.1 Å². The Morgan fingerprint density at radius 1 is 1.46 bits per heavy atom. The van der Waals surface area contributed by atoms with E-state index in [2.05, 4.69) is 20.8 Å². The van der Waals surface area contributed by atoms with Crippen LogP contribution in [0.3, 0.4) is 0 Å². The maximum absolute atomic E-state index is 13.2. The number of thiophene rings is 1. The molecule has 0 amide bonds. The number of thioether (sulfide) groups is 1. The number of carbonyl (C=O) groups excluding carboxylic acids is 1. The van der Waals surface area contributed by atoms with Crippen molar-refractivity contribution < 1.29 is 4.79 Å². The molecule has 1 aliphatic carbocycles. The molecule has 0 fully saturated rings. The van der Waals surface area contributed by atoms with Crippen LogP contribution < -0.4 is 5.56 Å². The average Bonchev–Trinajstić information content (AvgIpc) is 2.85. The topological polar surface area (TPSA) is 52.0 Å². The summed E-state index contributed by atoms with van der Waals surface area (Å²) in [5.74, 6) is 1.49. The fourth-order valence-electron chi connectivity index (χ4n) is 3.21. The van der Waals surface area contributed by atoms with E-state index in [0.29, 0.717) is 29.3 Å². The van der Waals surface area contributed by atoms with Crippen LogP contribution in [0.2, 0.25) is 0 Å². The Morgan fingerprint density at radius 3 is 2.88 bits per heavy atom. The van der Waals surface area contributed by atoms with E-state index in [1.54, 1.807) is 22.8 Å². The van der Waals surface area contributed by atoms with Gasteiger partial charge in [-0.2, -0.15) is 0 Å². The van der Waals surface area contributed by atoms with Gasteiger partial charge in [0, 0.05) is 11.4 Å². The number of rotatable bonds is 5. The Kier molecular flexibility index (Phi) is 5.16. The lowest BCUT2D eigenvalue weighted by Gasteiger charge is -2.18. The number of Topliss-reactive ketones (excluding diaryl/α,β-unsaturated/α-hetero) is 1. The number of ketones is 1. The maximum Gasteiger partial charge on any atom is 0.263 e. The van der Waals surface area contributed by atoms with Gasteiger partial charge in [-0.05, 0) is 43.6 Å². The van der Waals surface area contributed by atoms with E-state index in [0.717, 1.165) is 29.5 Å². The molecule has 0 radical (unpaired) electrons. The van der Waals surface area contributed by atoms with Crippen molar-refractivity contribution in [3.05, 3.63) is 20.8 Å². The molecule has 1 aliphatic rings. The van der Waals surface area contributed by atoms with Crippen LogP contribution >= 0.6 is 23.1 Å². The molecule has 0 N–H and O–H groups in total. The van der Waals surface area contributed by atoms with Gasteiger partial charge in [-0.25, -0.2) is 4.98 Å². The zero-order valence-electron chi connectivity index (χ0n) is 14.7. The monoisotopic (exact) mass is 364 g/mol. The van der Waals surface area contributed by atoms with E-state index in [1.807, 2.05) is 0 Å². The summed E-state index contributed by atoms with van der Waals surface area (Å²) in [6.07, 6.45) is 3.17. The summed E-state index contributed by atoms with van der Waals surface area (Å²) in [6.45, 7) is 8.68. The summed E-state index contributed by atoms with van der Waals surface area (Å²) in [5.41, 5.74) is 1.30. The quantitative estimate of drug-likeness (QED) is 0.596. The minimum Gasteiger partial charge on any atom is -0.299 e. The summed E-state index contributed by atoms with van der Waals surface area (Å²) < 4.78 is 1.78. The molecule has 0 aliphatic heterocycles.